The molecule has 6 nitrogen and oxygen atoms in total. The van der Waals surface area contributed by atoms with Crippen molar-refractivity contribution in [2.45, 2.75) is 0 Å². The van der Waals surface area contributed by atoms with Gasteiger partial charge in [-0.25, -0.2) is 4.99 Å². The first-order valence-corrected chi connectivity index (χ1v) is 10.6. The van der Waals surface area contributed by atoms with E-state index in [1.807, 2.05) is 60.7 Å². The van der Waals surface area contributed by atoms with Crippen molar-refractivity contribution in [2.24, 2.45) is 4.99 Å². The van der Waals surface area contributed by atoms with Gasteiger partial charge in [0.25, 0.3) is 11.6 Å². The normalized spacial score (nSPS) is 16.3. The van der Waals surface area contributed by atoms with Gasteiger partial charge in [0.05, 0.1) is 21.2 Å². The van der Waals surface area contributed by atoms with Crippen LogP contribution in [0.15, 0.2) is 82.7 Å². The molecule has 0 aromatic heterocycles. The van der Waals surface area contributed by atoms with E-state index in [2.05, 4.69) is 4.99 Å². The van der Waals surface area contributed by atoms with E-state index in [9.17, 15) is 14.9 Å². The summed E-state index contributed by atoms with van der Waals surface area (Å²) in [5.41, 5.74) is 1.39. The third-order valence-corrected chi connectivity index (χ3v) is 5.95. The minimum atomic E-state index is -0.594. The number of anilines is 1. The maximum atomic E-state index is 13.3. The van der Waals surface area contributed by atoms with Gasteiger partial charge in [-0.2, -0.15) is 0 Å². The van der Waals surface area contributed by atoms with Crippen LogP contribution in [-0.2, 0) is 4.79 Å². The summed E-state index contributed by atoms with van der Waals surface area (Å²) in [6.07, 6.45) is 1.52. The molecule has 0 unspecified atom stereocenters. The van der Waals surface area contributed by atoms with Crippen LogP contribution in [0.5, 0.6) is 0 Å². The molecule has 9 heteroatoms. The smallest absolute Gasteiger partial charge is 0.268 e. The first kappa shape index (κ1) is 21.1. The van der Waals surface area contributed by atoms with Gasteiger partial charge in [-0.15, -0.1) is 0 Å². The van der Waals surface area contributed by atoms with Crippen molar-refractivity contribution in [3.63, 3.8) is 0 Å². The van der Waals surface area contributed by atoms with Crippen molar-refractivity contribution in [2.75, 3.05) is 4.90 Å². The number of benzene rings is 3. The molecular formula is C22H13Cl2N3O3S. The Kier molecular flexibility index (Phi) is 6.08. The summed E-state index contributed by atoms with van der Waals surface area (Å²) >= 11 is 13.3. The van der Waals surface area contributed by atoms with Crippen LogP contribution in [0.4, 0.5) is 17.1 Å². The third-order valence-electron chi connectivity index (χ3n) is 4.35. The van der Waals surface area contributed by atoms with E-state index < -0.39 is 4.92 Å². The number of amidine groups is 1. The number of nitro groups is 1. The zero-order valence-corrected chi connectivity index (χ0v) is 18.1. The largest absolute Gasteiger partial charge is 0.288 e. The monoisotopic (exact) mass is 469 g/mol. The van der Waals surface area contributed by atoms with Gasteiger partial charge in [0.2, 0.25) is 0 Å². The van der Waals surface area contributed by atoms with Crippen molar-refractivity contribution in [3.05, 3.63) is 103 Å². The maximum absolute atomic E-state index is 13.3. The second-order valence-electron chi connectivity index (χ2n) is 6.40. The molecular weight excluding hydrogens is 457 g/mol. The van der Waals surface area contributed by atoms with Crippen LogP contribution in [0.3, 0.4) is 0 Å². The Bertz CT molecular complexity index is 1230. The molecule has 0 atom stereocenters. The molecule has 1 fully saturated rings. The van der Waals surface area contributed by atoms with Gasteiger partial charge in [0.15, 0.2) is 5.17 Å². The Morgan fingerprint density at radius 3 is 2.26 bits per heavy atom. The van der Waals surface area contributed by atoms with E-state index >= 15 is 0 Å². The summed E-state index contributed by atoms with van der Waals surface area (Å²) < 4.78 is 0. The number of halogens is 2. The molecule has 1 amide bonds. The molecule has 1 saturated heterocycles. The number of carbonyl (C=O) groups is 1. The molecule has 4 rings (SSSR count). The highest BCUT2D eigenvalue weighted by molar-refractivity contribution is 8.19. The first-order chi connectivity index (χ1) is 14.9. The van der Waals surface area contributed by atoms with Gasteiger partial charge >= 0.3 is 0 Å². The molecule has 154 valence electrons. The van der Waals surface area contributed by atoms with Crippen LogP contribution in [0.1, 0.15) is 5.56 Å². The topological polar surface area (TPSA) is 75.8 Å². The number of nitro benzene ring substituents is 1. The number of hydrogen-bond acceptors (Lipinski definition) is 5. The fraction of sp³-hybridized carbons (Fsp3) is 0. The molecule has 1 aliphatic rings. The van der Waals surface area contributed by atoms with Crippen LogP contribution in [0, 0.1) is 10.1 Å². The Morgan fingerprint density at radius 2 is 1.61 bits per heavy atom. The molecule has 3 aromatic rings. The predicted molar refractivity (Wildman–Crippen MR) is 126 cm³/mol. The Hall–Kier alpha value is -3.13. The summed E-state index contributed by atoms with van der Waals surface area (Å²) in [5, 5.41) is 11.8. The molecule has 0 aliphatic carbocycles. The predicted octanol–water partition coefficient (Wildman–Crippen LogP) is 6.71. The summed E-state index contributed by atoms with van der Waals surface area (Å²) in [5.74, 6) is -0.306. The van der Waals surface area contributed by atoms with E-state index in [4.69, 9.17) is 23.2 Å². The van der Waals surface area contributed by atoms with Crippen LogP contribution in [0.25, 0.3) is 6.08 Å². The highest BCUT2D eigenvalue weighted by atomic mass is 35.5. The number of para-hydroxylation sites is 2. The quantitative estimate of drug-likeness (QED) is 0.241. The number of nitrogens with zero attached hydrogens (tertiary/aromatic N) is 3. The van der Waals surface area contributed by atoms with Crippen molar-refractivity contribution in [1.29, 1.82) is 0 Å². The second kappa shape index (κ2) is 8.93. The van der Waals surface area contributed by atoms with Crippen molar-refractivity contribution in [3.8, 4) is 0 Å². The molecule has 31 heavy (non-hydrogen) atoms. The number of aliphatic imine (C=N–C) groups is 1. The zero-order valence-electron chi connectivity index (χ0n) is 15.7. The molecule has 3 aromatic carbocycles. The third kappa shape index (κ3) is 4.49. The minimum absolute atomic E-state index is 0.0696. The summed E-state index contributed by atoms with van der Waals surface area (Å²) in [6, 6.07) is 20.9. The lowest BCUT2D eigenvalue weighted by Gasteiger charge is -2.15. The van der Waals surface area contributed by atoms with E-state index in [0.29, 0.717) is 27.0 Å². The minimum Gasteiger partial charge on any atom is -0.268 e. The molecule has 0 saturated carbocycles. The summed E-state index contributed by atoms with van der Waals surface area (Å²) in [4.78, 5) is 30.4. The van der Waals surface area contributed by atoms with Crippen LogP contribution >= 0.6 is 35.0 Å². The molecule has 0 radical (unpaired) electrons. The highest BCUT2D eigenvalue weighted by Gasteiger charge is 2.35. The standard InChI is InChI=1S/C22H13Cl2N3O3S/c23-17-13-18(24)19(27(29)30)11-14(17)12-20-21(28)26(16-9-5-2-6-10-16)22(31-20)25-15-7-3-1-4-8-15/h1-13H/b20-12-,25-22?. The van der Waals surface area contributed by atoms with Gasteiger partial charge in [-0.3, -0.25) is 19.8 Å². The van der Waals surface area contributed by atoms with Gasteiger partial charge < -0.3 is 0 Å². The first-order valence-electron chi connectivity index (χ1n) is 9.00. The van der Waals surface area contributed by atoms with Gasteiger partial charge in [0, 0.05) is 16.7 Å². The highest BCUT2D eigenvalue weighted by Crippen LogP contribution is 2.39. The Morgan fingerprint density at radius 1 is 0.968 bits per heavy atom. The fourth-order valence-electron chi connectivity index (χ4n) is 2.91. The number of amides is 1. The molecule has 1 aliphatic heterocycles. The number of carbonyl (C=O) groups excluding carboxylic acids is 1. The fourth-order valence-corrected chi connectivity index (χ4v) is 4.41. The van der Waals surface area contributed by atoms with Gasteiger partial charge in [-0.05, 0) is 48.2 Å². The Balaban J connectivity index is 1.80. The Labute approximate surface area is 192 Å². The molecule has 1 heterocycles. The van der Waals surface area contributed by atoms with Gasteiger partial charge in [-0.1, -0.05) is 59.6 Å². The van der Waals surface area contributed by atoms with Crippen molar-refractivity contribution >= 4 is 69.2 Å². The number of thioether (sulfide) groups is 1. The van der Waals surface area contributed by atoms with E-state index in [1.54, 1.807) is 0 Å². The SMILES string of the molecule is O=C1/C(=C/c2cc([N+](=O)[O-])c(Cl)cc2Cl)SC(=Nc2ccccc2)N1c1ccccc1. The average Bonchev–Trinajstić information content (AvgIpc) is 3.05. The summed E-state index contributed by atoms with van der Waals surface area (Å²) in [7, 11) is 0. The van der Waals surface area contributed by atoms with Crippen molar-refractivity contribution < 1.29 is 9.72 Å². The van der Waals surface area contributed by atoms with E-state index in [0.717, 1.165) is 11.8 Å². The average molecular weight is 470 g/mol. The molecule has 0 spiro atoms. The molecule has 0 N–H and O–H groups in total. The lowest BCUT2D eigenvalue weighted by atomic mass is 10.1. The number of hydrogen-bond donors (Lipinski definition) is 0. The lowest BCUT2D eigenvalue weighted by Crippen LogP contribution is -2.28. The van der Waals surface area contributed by atoms with Crippen LogP contribution < -0.4 is 4.90 Å². The van der Waals surface area contributed by atoms with Gasteiger partial charge in [0.1, 0.15) is 5.02 Å². The summed E-state index contributed by atoms with van der Waals surface area (Å²) in [6.45, 7) is 0. The lowest BCUT2D eigenvalue weighted by molar-refractivity contribution is -0.384. The van der Waals surface area contributed by atoms with Crippen LogP contribution in [0.2, 0.25) is 10.0 Å². The van der Waals surface area contributed by atoms with Crippen LogP contribution in [-0.4, -0.2) is 16.0 Å². The van der Waals surface area contributed by atoms with E-state index in [-0.39, 0.29) is 21.6 Å². The second-order valence-corrected chi connectivity index (χ2v) is 8.22. The number of rotatable bonds is 4. The van der Waals surface area contributed by atoms with Crippen molar-refractivity contribution in [1.82, 2.24) is 0 Å². The zero-order chi connectivity index (χ0) is 22.0. The molecule has 0 bridgehead atoms. The van der Waals surface area contributed by atoms with E-state index in [1.165, 1.54) is 23.1 Å². The maximum Gasteiger partial charge on any atom is 0.288 e.